The molecule has 0 fully saturated rings. The van der Waals surface area contributed by atoms with Gasteiger partial charge in [-0.2, -0.15) is 0 Å². The molecule has 2 N–H and O–H groups in total. The maximum Gasteiger partial charge on any atom is 0.401 e. The Kier molecular flexibility index (Phi) is 4.21. The molecule has 6 heteroatoms. The molecule has 102 valence electrons. The van der Waals surface area contributed by atoms with Crippen LogP contribution in [0.2, 0.25) is 0 Å². The second kappa shape index (κ2) is 5.29. The molecule has 0 saturated heterocycles. The predicted octanol–water partition coefficient (Wildman–Crippen LogP) is 0.822. The number of aromatic nitrogens is 2. The molecule has 0 saturated carbocycles. The zero-order valence-corrected chi connectivity index (χ0v) is 11.2. The molecule has 0 radical (unpaired) electrons. The van der Waals surface area contributed by atoms with Gasteiger partial charge in [0, 0.05) is 12.8 Å². The fraction of sp³-hybridized carbons (Fsp3) is 0.667. The van der Waals surface area contributed by atoms with E-state index < -0.39 is 11.4 Å². The van der Waals surface area contributed by atoms with Gasteiger partial charge in [0.25, 0.3) is 5.69 Å². The summed E-state index contributed by atoms with van der Waals surface area (Å²) in [5, 5.41) is 31.3. The number of rotatable bonds is 4. The van der Waals surface area contributed by atoms with Crippen LogP contribution in [0.25, 0.3) is 0 Å². The van der Waals surface area contributed by atoms with Gasteiger partial charge < -0.3 is 15.5 Å². The van der Waals surface area contributed by atoms with E-state index in [4.69, 9.17) is 0 Å². The van der Waals surface area contributed by atoms with E-state index in [9.17, 15) is 20.3 Å². The molecule has 1 heterocycles. The van der Waals surface area contributed by atoms with Crippen LogP contribution < -0.4 is 10.3 Å². The molecule has 0 amide bonds. The lowest BCUT2D eigenvalue weighted by Gasteiger charge is -2.13. The molecule has 0 aliphatic carbocycles. The molecule has 1 rings (SSSR count). The van der Waals surface area contributed by atoms with Gasteiger partial charge in [0.2, 0.25) is 0 Å². The maximum atomic E-state index is 11.9. The van der Waals surface area contributed by atoms with Crippen LogP contribution in [0.5, 0.6) is 5.88 Å². The molecule has 0 aromatic carbocycles. The van der Waals surface area contributed by atoms with Gasteiger partial charge in [-0.15, -0.1) is 9.46 Å². The van der Waals surface area contributed by atoms with E-state index in [0.29, 0.717) is 4.73 Å². The molecule has 1 aromatic rings. The lowest BCUT2D eigenvalue weighted by Crippen LogP contribution is -2.45. The molecule has 6 nitrogen and oxygen atoms in total. The number of aromatic hydroxyl groups is 1. The van der Waals surface area contributed by atoms with Crippen LogP contribution in [0.4, 0.5) is 0 Å². The highest BCUT2D eigenvalue weighted by Crippen LogP contribution is 2.15. The topological polar surface area (TPSA) is 89.4 Å². The highest BCUT2D eigenvalue weighted by molar-refractivity contribution is 5.14. The van der Waals surface area contributed by atoms with E-state index in [2.05, 4.69) is 0 Å². The Morgan fingerprint density at radius 2 is 1.72 bits per heavy atom. The summed E-state index contributed by atoms with van der Waals surface area (Å²) in [6.07, 6.45) is 0.459. The van der Waals surface area contributed by atoms with Crippen molar-refractivity contribution < 1.29 is 15.0 Å². The molecule has 0 unspecified atom stereocenters. The van der Waals surface area contributed by atoms with Gasteiger partial charge >= 0.3 is 11.4 Å². The van der Waals surface area contributed by atoms with Gasteiger partial charge in [-0.05, 0) is 11.8 Å². The Morgan fingerprint density at radius 3 is 2.17 bits per heavy atom. The van der Waals surface area contributed by atoms with Crippen molar-refractivity contribution in [1.29, 1.82) is 0 Å². The minimum Gasteiger partial charge on any atom is -0.616 e. The van der Waals surface area contributed by atoms with Crippen molar-refractivity contribution >= 4 is 0 Å². The van der Waals surface area contributed by atoms with E-state index in [1.165, 1.54) is 0 Å². The highest BCUT2D eigenvalue weighted by atomic mass is 16.5. The first-order valence-electron chi connectivity index (χ1n) is 6.04. The Labute approximate surface area is 106 Å². The van der Waals surface area contributed by atoms with Crippen LogP contribution in [-0.2, 0) is 12.8 Å². The van der Waals surface area contributed by atoms with Crippen LogP contribution >= 0.6 is 0 Å². The Balaban J connectivity index is 3.41. The molecule has 0 atom stereocenters. The first-order valence-corrected chi connectivity index (χ1v) is 6.04. The summed E-state index contributed by atoms with van der Waals surface area (Å²) in [7, 11) is 0. The number of hydrogen-bond donors (Lipinski definition) is 2. The first kappa shape index (κ1) is 14.3. The SMILES string of the molecule is CC(C)Cc1c(O)[n+]([O-])c(CC(C)C)c(=O)n1O. The summed E-state index contributed by atoms with van der Waals surface area (Å²) in [5.74, 6) is -0.417. The van der Waals surface area contributed by atoms with Crippen LogP contribution in [0.1, 0.15) is 39.1 Å². The largest absolute Gasteiger partial charge is 0.616 e. The molecular formula is C12H20N2O4. The molecule has 18 heavy (non-hydrogen) atoms. The zero-order valence-electron chi connectivity index (χ0n) is 11.2. The van der Waals surface area contributed by atoms with Gasteiger partial charge in [-0.3, -0.25) is 4.79 Å². The second-order valence-corrected chi connectivity index (χ2v) is 5.32. The van der Waals surface area contributed by atoms with Crippen molar-refractivity contribution in [2.24, 2.45) is 11.8 Å². The standard InChI is InChI=1S/C12H20N2O4/c1-7(2)5-9-11(15)14(18)10(6-8(3)4)12(16)13(9)17/h7-8,15,17H,5-6H2,1-4H3. The van der Waals surface area contributed by atoms with Crippen molar-refractivity contribution in [1.82, 2.24) is 4.73 Å². The van der Waals surface area contributed by atoms with Gasteiger partial charge in [-0.1, -0.05) is 27.7 Å². The predicted molar refractivity (Wildman–Crippen MR) is 65.6 cm³/mol. The lowest BCUT2D eigenvalue weighted by atomic mass is 10.1. The average molecular weight is 256 g/mol. The van der Waals surface area contributed by atoms with Crippen LogP contribution in [0.15, 0.2) is 4.79 Å². The smallest absolute Gasteiger partial charge is 0.401 e. The molecule has 1 aromatic heterocycles. The Hall–Kier alpha value is -1.72. The zero-order chi connectivity index (χ0) is 14.0. The highest BCUT2D eigenvalue weighted by Gasteiger charge is 2.26. The summed E-state index contributed by atoms with van der Waals surface area (Å²) in [6.45, 7) is 7.42. The normalized spacial score (nSPS) is 11.4. The lowest BCUT2D eigenvalue weighted by molar-refractivity contribution is -0.625. The van der Waals surface area contributed by atoms with E-state index in [1.54, 1.807) is 0 Å². The third-order valence-corrected chi connectivity index (χ3v) is 2.59. The molecule has 0 bridgehead atoms. The van der Waals surface area contributed by atoms with E-state index in [-0.39, 0.29) is 40.8 Å². The van der Waals surface area contributed by atoms with Gasteiger partial charge in [0.05, 0.1) is 0 Å². The van der Waals surface area contributed by atoms with Crippen LogP contribution in [0, 0.1) is 17.0 Å². The minimum atomic E-state index is -0.757. The van der Waals surface area contributed by atoms with Gasteiger partial charge in [0.15, 0.2) is 5.69 Å². The summed E-state index contributed by atoms with van der Waals surface area (Å²) in [5.41, 5.74) is -0.942. The quantitative estimate of drug-likeness (QED) is 0.474. The average Bonchev–Trinajstić information content (AvgIpc) is 2.27. The second-order valence-electron chi connectivity index (χ2n) is 5.32. The summed E-state index contributed by atoms with van der Waals surface area (Å²) >= 11 is 0. The van der Waals surface area contributed by atoms with Crippen molar-refractivity contribution in [3.05, 3.63) is 26.9 Å². The minimum absolute atomic E-state index is 0.0440. The fourth-order valence-electron chi connectivity index (χ4n) is 1.79. The molecule has 0 spiro atoms. The molecular weight excluding hydrogens is 236 g/mol. The summed E-state index contributed by atoms with van der Waals surface area (Å²) < 4.78 is 0.619. The van der Waals surface area contributed by atoms with Gasteiger partial charge in [-0.25, -0.2) is 0 Å². The van der Waals surface area contributed by atoms with Crippen molar-refractivity contribution in [3.63, 3.8) is 0 Å². The maximum absolute atomic E-state index is 11.9. The van der Waals surface area contributed by atoms with E-state index in [1.807, 2.05) is 27.7 Å². The first-order chi connectivity index (χ1) is 8.25. The van der Waals surface area contributed by atoms with E-state index in [0.717, 1.165) is 0 Å². The molecule has 0 aliphatic rings. The van der Waals surface area contributed by atoms with E-state index >= 15 is 0 Å². The third-order valence-electron chi connectivity index (χ3n) is 2.59. The fourth-order valence-corrected chi connectivity index (χ4v) is 1.79. The number of nitrogens with zero attached hydrogens (tertiary/aromatic N) is 2. The Morgan fingerprint density at radius 1 is 1.22 bits per heavy atom. The van der Waals surface area contributed by atoms with Crippen molar-refractivity contribution in [2.45, 2.75) is 40.5 Å². The number of hydrogen-bond acceptors (Lipinski definition) is 4. The van der Waals surface area contributed by atoms with Crippen LogP contribution in [0.3, 0.4) is 0 Å². The summed E-state index contributed by atoms with van der Waals surface area (Å²) in [4.78, 5) is 11.9. The monoisotopic (exact) mass is 256 g/mol. The third kappa shape index (κ3) is 2.75. The van der Waals surface area contributed by atoms with Gasteiger partial charge in [0.1, 0.15) is 0 Å². The summed E-state index contributed by atoms with van der Waals surface area (Å²) in [6, 6.07) is 0. The molecule has 0 aliphatic heterocycles. The van der Waals surface area contributed by atoms with Crippen molar-refractivity contribution in [3.8, 4) is 5.88 Å². The van der Waals surface area contributed by atoms with Crippen molar-refractivity contribution in [2.75, 3.05) is 0 Å². The van der Waals surface area contributed by atoms with Crippen LogP contribution in [-0.4, -0.2) is 15.0 Å². The Bertz CT molecular complexity index is 492.